The Kier molecular flexibility index (Phi) is 2.62. The first-order valence-electron chi connectivity index (χ1n) is 3.93. The third-order valence-electron chi connectivity index (χ3n) is 1.83. The average Bonchev–Trinajstić information content (AvgIpc) is 2.02. The smallest absolute Gasteiger partial charge is 0.175 e. The van der Waals surface area contributed by atoms with Gasteiger partial charge in [-0.25, -0.2) is 8.42 Å². The van der Waals surface area contributed by atoms with Crippen LogP contribution < -0.4 is 5.73 Å². The van der Waals surface area contributed by atoms with E-state index in [9.17, 15) is 13.2 Å². The van der Waals surface area contributed by atoms with Gasteiger partial charge in [-0.1, -0.05) is 0 Å². The molecule has 0 aromatic heterocycles. The van der Waals surface area contributed by atoms with Crippen LogP contribution in [0.2, 0.25) is 0 Å². The molecule has 0 radical (unpaired) electrons. The highest BCUT2D eigenvalue weighted by Gasteiger charge is 2.11. The van der Waals surface area contributed by atoms with Gasteiger partial charge < -0.3 is 5.73 Å². The second-order valence-electron chi connectivity index (χ2n) is 3.08. The van der Waals surface area contributed by atoms with Crippen molar-refractivity contribution in [3.8, 4) is 0 Å². The molecule has 0 spiro atoms. The number of Topliss-reactive ketones (excluding diaryl/α,β-unsaturated/α-hetero) is 1. The number of hydrogen-bond donors (Lipinski definition) is 1. The SMILES string of the molecule is CC(=O)c1cc(S(C)(=O)=O)ccc1N. The van der Waals surface area contributed by atoms with Gasteiger partial charge in [-0.05, 0) is 25.1 Å². The van der Waals surface area contributed by atoms with Crippen molar-refractivity contribution in [2.24, 2.45) is 0 Å². The normalized spacial score (nSPS) is 11.3. The minimum atomic E-state index is -3.28. The Labute approximate surface area is 82.7 Å². The lowest BCUT2D eigenvalue weighted by atomic mass is 10.1. The lowest BCUT2D eigenvalue weighted by Crippen LogP contribution is -2.03. The van der Waals surface area contributed by atoms with Crippen molar-refractivity contribution < 1.29 is 13.2 Å². The minimum Gasteiger partial charge on any atom is -0.398 e. The van der Waals surface area contributed by atoms with Crippen LogP contribution >= 0.6 is 0 Å². The molecule has 0 amide bonds. The minimum absolute atomic E-state index is 0.108. The fraction of sp³-hybridized carbons (Fsp3) is 0.222. The Morgan fingerprint density at radius 3 is 2.36 bits per heavy atom. The molecule has 0 heterocycles. The summed E-state index contributed by atoms with van der Waals surface area (Å²) in [6.45, 7) is 1.34. The molecular formula is C9H11NO3S. The van der Waals surface area contributed by atoms with Crippen LogP contribution in [0.4, 0.5) is 5.69 Å². The maximum atomic E-state index is 11.2. The molecule has 5 heteroatoms. The van der Waals surface area contributed by atoms with Gasteiger partial charge in [0.2, 0.25) is 0 Å². The number of anilines is 1. The first kappa shape index (κ1) is 10.7. The van der Waals surface area contributed by atoms with Crippen LogP contribution in [0.15, 0.2) is 23.1 Å². The molecule has 1 aromatic carbocycles. The first-order valence-corrected chi connectivity index (χ1v) is 5.82. The molecule has 14 heavy (non-hydrogen) atoms. The van der Waals surface area contributed by atoms with Gasteiger partial charge >= 0.3 is 0 Å². The summed E-state index contributed by atoms with van der Waals surface area (Å²) >= 11 is 0. The van der Waals surface area contributed by atoms with Gasteiger partial charge in [0.05, 0.1) is 4.90 Å². The van der Waals surface area contributed by atoms with E-state index in [0.717, 1.165) is 6.26 Å². The van der Waals surface area contributed by atoms with Gasteiger partial charge in [0.1, 0.15) is 0 Å². The number of ketones is 1. The lowest BCUT2D eigenvalue weighted by Gasteiger charge is -2.04. The van der Waals surface area contributed by atoms with Gasteiger partial charge in [-0.2, -0.15) is 0 Å². The molecule has 76 valence electrons. The Hall–Kier alpha value is -1.36. The third-order valence-corrected chi connectivity index (χ3v) is 2.94. The van der Waals surface area contributed by atoms with E-state index >= 15 is 0 Å². The molecular weight excluding hydrogens is 202 g/mol. The van der Waals surface area contributed by atoms with Gasteiger partial charge in [-0.3, -0.25) is 4.79 Å². The zero-order chi connectivity index (χ0) is 10.9. The van der Waals surface area contributed by atoms with Crippen molar-refractivity contribution in [2.75, 3.05) is 12.0 Å². The van der Waals surface area contributed by atoms with Crippen LogP contribution in [0.3, 0.4) is 0 Å². The molecule has 2 N–H and O–H groups in total. The van der Waals surface area contributed by atoms with Crippen molar-refractivity contribution >= 4 is 21.3 Å². The van der Waals surface area contributed by atoms with E-state index in [4.69, 9.17) is 5.73 Å². The zero-order valence-corrected chi connectivity index (χ0v) is 8.76. The Balaban J connectivity index is 3.42. The van der Waals surface area contributed by atoms with Crippen LogP contribution in [0.5, 0.6) is 0 Å². The maximum Gasteiger partial charge on any atom is 0.175 e. The molecule has 0 saturated heterocycles. The second-order valence-corrected chi connectivity index (χ2v) is 5.09. The topological polar surface area (TPSA) is 77.2 Å². The van der Waals surface area contributed by atoms with Crippen molar-refractivity contribution in [2.45, 2.75) is 11.8 Å². The molecule has 0 fully saturated rings. The number of sulfone groups is 1. The van der Waals surface area contributed by atoms with Gasteiger partial charge in [0.25, 0.3) is 0 Å². The number of rotatable bonds is 2. The van der Waals surface area contributed by atoms with E-state index in [0.29, 0.717) is 5.69 Å². The van der Waals surface area contributed by atoms with Gasteiger partial charge in [0.15, 0.2) is 15.6 Å². The van der Waals surface area contributed by atoms with Gasteiger partial charge in [0, 0.05) is 17.5 Å². The molecule has 0 atom stereocenters. The quantitative estimate of drug-likeness (QED) is 0.584. The van der Waals surface area contributed by atoms with Crippen molar-refractivity contribution in [3.63, 3.8) is 0 Å². The van der Waals surface area contributed by atoms with E-state index < -0.39 is 9.84 Å². The summed E-state index contributed by atoms with van der Waals surface area (Å²) in [5, 5.41) is 0. The number of nitrogens with two attached hydrogens (primary N) is 1. The zero-order valence-electron chi connectivity index (χ0n) is 7.94. The molecule has 0 unspecified atom stereocenters. The lowest BCUT2D eigenvalue weighted by molar-refractivity contribution is 0.101. The summed E-state index contributed by atoms with van der Waals surface area (Å²) in [5.41, 5.74) is 6.06. The summed E-state index contributed by atoms with van der Waals surface area (Å²) < 4.78 is 22.3. The highest BCUT2D eigenvalue weighted by Crippen LogP contribution is 2.18. The summed E-state index contributed by atoms with van der Waals surface area (Å²) in [7, 11) is -3.28. The molecule has 0 aliphatic rings. The fourth-order valence-electron chi connectivity index (χ4n) is 1.07. The molecule has 1 aromatic rings. The first-order chi connectivity index (χ1) is 6.32. The van der Waals surface area contributed by atoms with Crippen LogP contribution in [0, 0.1) is 0 Å². The maximum absolute atomic E-state index is 11.2. The van der Waals surface area contributed by atoms with Crippen LogP contribution in [0.1, 0.15) is 17.3 Å². The average molecular weight is 213 g/mol. The fourth-order valence-corrected chi connectivity index (χ4v) is 1.72. The number of benzene rings is 1. The van der Waals surface area contributed by atoms with Gasteiger partial charge in [-0.15, -0.1) is 0 Å². The van der Waals surface area contributed by atoms with E-state index in [2.05, 4.69) is 0 Å². The summed E-state index contributed by atoms with van der Waals surface area (Å²) in [4.78, 5) is 11.2. The molecule has 1 rings (SSSR count). The van der Waals surface area contributed by atoms with E-state index in [1.165, 1.54) is 25.1 Å². The highest BCUT2D eigenvalue weighted by atomic mass is 32.2. The molecule has 0 aliphatic carbocycles. The molecule has 0 bridgehead atoms. The molecule has 4 nitrogen and oxygen atoms in total. The standard InChI is InChI=1S/C9H11NO3S/c1-6(11)8-5-7(14(2,12)13)3-4-9(8)10/h3-5H,10H2,1-2H3. The second kappa shape index (κ2) is 3.42. The monoisotopic (exact) mass is 213 g/mol. The van der Waals surface area contributed by atoms with Crippen molar-refractivity contribution in [3.05, 3.63) is 23.8 Å². The predicted molar refractivity (Wildman–Crippen MR) is 54.0 cm³/mol. The molecule has 0 aliphatic heterocycles. The van der Waals surface area contributed by atoms with Crippen LogP contribution in [-0.4, -0.2) is 20.5 Å². The largest absolute Gasteiger partial charge is 0.398 e. The van der Waals surface area contributed by atoms with E-state index in [1.54, 1.807) is 0 Å². The third kappa shape index (κ3) is 2.11. The summed E-state index contributed by atoms with van der Waals surface area (Å²) in [6.07, 6.45) is 1.09. The van der Waals surface area contributed by atoms with Crippen LogP contribution in [-0.2, 0) is 9.84 Å². The predicted octanol–water partition coefficient (Wildman–Crippen LogP) is 0.875. The molecule has 0 saturated carbocycles. The Morgan fingerprint density at radius 2 is 1.93 bits per heavy atom. The number of carbonyl (C=O) groups is 1. The summed E-state index contributed by atoms with van der Waals surface area (Å²) in [5.74, 6) is -0.243. The highest BCUT2D eigenvalue weighted by molar-refractivity contribution is 7.90. The number of nitrogen functional groups attached to an aromatic ring is 1. The number of carbonyl (C=O) groups excluding carboxylic acids is 1. The number of hydrogen-bond acceptors (Lipinski definition) is 4. The van der Waals surface area contributed by atoms with Crippen LogP contribution in [0.25, 0.3) is 0 Å². The Morgan fingerprint density at radius 1 is 1.36 bits per heavy atom. The van der Waals surface area contributed by atoms with Crippen molar-refractivity contribution in [1.29, 1.82) is 0 Å². The van der Waals surface area contributed by atoms with E-state index in [1.807, 2.05) is 0 Å². The van der Waals surface area contributed by atoms with E-state index in [-0.39, 0.29) is 16.2 Å². The Bertz CT molecular complexity index is 477. The van der Waals surface area contributed by atoms with Crippen molar-refractivity contribution in [1.82, 2.24) is 0 Å². The summed E-state index contributed by atoms with van der Waals surface area (Å²) in [6, 6.07) is 4.11.